The van der Waals surface area contributed by atoms with E-state index < -0.39 is 0 Å². The average molecular weight is 217 g/mol. The summed E-state index contributed by atoms with van der Waals surface area (Å²) in [5.41, 5.74) is 2.95. The second-order valence-corrected chi connectivity index (χ2v) is 5.07. The topological polar surface area (TPSA) is 12.0 Å². The highest BCUT2D eigenvalue weighted by molar-refractivity contribution is 5.26. The summed E-state index contributed by atoms with van der Waals surface area (Å²) < 4.78 is 0. The summed E-state index contributed by atoms with van der Waals surface area (Å²) in [5.74, 6) is 1.86. The van der Waals surface area contributed by atoms with E-state index in [9.17, 15) is 0 Å². The lowest BCUT2D eigenvalue weighted by Gasteiger charge is -2.13. The third-order valence-electron chi connectivity index (χ3n) is 3.71. The van der Waals surface area contributed by atoms with Crippen LogP contribution in [-0.4, -0.2) is 6.54 Å². The van der Waals surface area contributed by atoms with E-state index >= 15 is 0 Å². The molecule has 1 nitrogen and oxygen atoms in total. The Labute approximate surface area is 99.3 Å². The molecule has 1 aliphatic rings. The number of benzene rings is 1. The zero-order valence-electron chi connectivity index (χ0n) is 10.5. The molecule has 0 saturated heterocycles. The van der Waals surface area contributed by atoms with Crippen LogP contribution >= 0.6 is 0 Å². The Balaban J connectivity index is 1.79. The first-order valence-electron chi connectivity index (χ1n) is 6.58. The minimum Gasteiger partial charge on any atom is -0.312 e. The zero-order valence-corrected chi connectivity index (χ0v) is 10.5. The van der Waals surface area contributed by atoms with Crippen LogP contribution in [0.3, 0.4) is 0 Å². The van der Waals surface area contributed by atoms with Gasteiger partial charge in [0.2, 0.25) is 0 Å². The fourth-order valence-corrected chi connectivity index (χ4v) is 2.34. The summed E-state index contributed by atoms with van der Waals surface area (Å²) in [5, 5.41) is 3.60. The lowest BCUT2D eigenvalue weighted by atomic mass is 10.0. The average Bonchev–Trinajstić information content (AvgIpc) is 3.13. The maximum absolute atomic E-state index is 3.60. The van der Waals surface area contributed by atoms with Gasteiger partial charge in [0.25, 0.3) is 0 Å². The Hall–Kier alpha value is -0.820. The second kappa shape index (κ2) is 5.49. The minimum atomic E-state index is 0.855. The first-order chi connectivity index (χ1) is 7.81. The van der Waals surface area contributed by atoms with E-state index in [0.29, 0.717) is 0 Å². The van der Waals surface area contributed by atoms with E-state index in [1.165, 1.54) is 30.5 Å². The van der Waals surface area contributed by atoms with Gasteiger partial charge in [-0.1, -0.05) is 38.1 Å². The molecule has 1 unspecified atom stereocenters. The maximum atomic E-state index is 3.60. The normalized spacial score (nSPS) is 17.4. The smallest absolute Gasteiger partial charge is 0.0208 e. The van der Waals surface area contributed by atoms with Gasteiger partial charge in [-0.2, -0.15) is 0 Å². The van der Waals surface area contributed by atoms with E-state index in [1.807, 2.05) is 0 Å². The van der Waals surface area contributed by atoms with Crippen LogP contribution in [0.4, 0.5) is 0 Å². The first kappa shape index (κ1) is 11.7. The van der Waals surface area contributed by atoms with Crippen LogP contribution < -0.4 is 5.32 Å². The predicted octanol–water partition coefficient (Wildman–Crippen LogP) is 3.38. The summed E-state index contributed by atoms with van der Waals surface area (Å²) in [6.07, 6.45) is 4.04. The van der Waals surface area contributed by atoms with Gasteiger partial charge >= 0.3 is 0 Å². The molecule has 0 amide bonds. The number of hydrogen-bond acceptors (Lipinski definition) is 1. The zero-order chi connectivity index (χ0) is 11.4. The van der Waals surface area contributed by atoms with Gasteiger partial charge in [0, 0.05) is 6.54 Å². The third-order valence-corrected chi connectivity index (χ3v) is 3.71. The van der Waals surface area contributed by atoms with Crippen molar-refractivity contribution in [1.82, 2.24) is 5.32 Å². The van der Waals surface area contributed by atoms with Crippen molar-refractivity contribution < 1.29 is 0 Å². The molecule has 0 bridgehead atoms. The molecule has 0 radical (unpaired) electrons. The number of hydrogen-bond donors (Lipinski definition) is 1. The van der Waals surface area contributed by atoms with Gasteiger partial charge in [0.1, 0.15) is 0 Å². The van der Waals surface area contributed by atoms with E-state index in [1.54, 1.807) is 0 Å². The maximum Gasteiger partial charge on any atom is 0.0208 e. The molecule has 2 rings (SSSR count). The van der Waals surface area contributed by atoms with Gasteiger partial charge in [0.05, 0.1) is 0 Å². The molecule has 1 heteroatoms. The van der Waals surface area contributed by atoms with Crippen molar-refractivity contribution in [2.45, 2.75) is 39.7 Å². The highest BCUT2D eigenvalue weighted by Gasteiger charge is 2.27. The minimum absolute atomic E-state index is 0.855. The van der Waals surface area contributed by atoms with Gasteiger partial charge in [-0.3, -0.25) is 0 Å². The molecule has 1 aromatic carbocycles. The monoisotopic (exact) mass is 217 g/mol. The lowest BCUT2D eigenvalue weighted by molar-refractivity contribution is 0.461. The molecule has 88 valence electrons. The van der Waals surface area contributed by atoms with Gasteiger partial charge < -0.3 is 5.32 Å². The fourth-order valence-electron chi connectivity index (χ4n) is 2.34. The number of rotatable bonds is 6. The molecular formula is C15H23N. The van der Waals surface area contributed by atoms with E-state index in [4.69, 9.17) is 0 Å². The van der Waals surface area contributed by atoms with Crippen LogP contribution in [0.25, 0.3) is 0 Å². The van der Waals surface area contributed by atoms with Crippen molar-refractivity contribution in [2.24, 2.45) is 11.8 Å². The van der Waals surface area contributed by atoms with Crippen molar-refractivity contribution in [2.75, 3.05) is 6.54 Å². The number of aryl methyl sites for hydroxylation is 1. The summed E-state index contributed by atoms with van der Waals surface area (Å²) >= 11 is 0. The van der Waals surface area contributed by atoms with Crippen LogP contribution in [0.1, 0.15) is 37.8 Å². The van der Waals surface area contributed by atoms with Crippen molar-refractivity contribution in [3.63, 3.8) is 0 Å². The van der Waals surface area contributed by atoms with E-state index in [-0.39, 0.29) is 0 Å². The lowest BCUT2D eigenvalue weighted by Crippen LogP contribution is -2.22. The van der Waals surface area contributed by atoms with Crippen molar-refractivity contribution >= 4 is 0 Å². The van der Waals surface area contributed by atoms with Crippen LogP contribution in [-0.2, 0) is 13.0 Å². The van der Waals surface area contributed by atoms with E-state index in [0.717, 1.165) is 24.8 Å². The Kier molecular flexibility index (Phi) is 4.00. The van der Waals surface area contributed by atoms with Crippen molar-refractivity contribution in [3.8, 4) is 0 Å². The molecule has 0 aromatic heterocycles. The number of nitrogens with one attached hydrogen (secondary N) is 1. The standard InChI is InChI=1S/C15H23N/c1-3-13-6-4-5-7-15(13)11-16-10-12(2)14-8-9-14/h4-7,12,14,16H,3,8-11H2,1-2H3. The summed E-state index contributed by atoms with van der Waals surface area (Å²) in [4.78, 5) is 0. The summed E-state index contributed by atoms with van der Waals surface area (Å²) in [6.45, 7) is 6.80. The highest BCUT2D eigenvalue weighted by atomic mass is 14.9. The molecule has 1 aromatic rings. The Morgan fingerprint density at radius 2 is 1.94 bits per heavy atom. The molecule has 16 heavy (non-hydrogen) atoms. The molecule has 0 heterocycles. The van der Waals surface area contributed by atoms with Gasteiger partial charge in [-0.05, 0) is 48.8 Å². The van der Waals surface area contributed by atoms with Crippen LogP contribution in [0.2, 0.25) is 0 Å². The molecular weight excluding hydrogens is 194 g/mol. The van der Waals surface area contributed by atoms with Crippen LogP contribution in [0.15, 0.2) is 24.3 Å². The quantitative estimate of drug-likeness (QED) is 0.770. The van der Waals surface area contributed by atoms with Gasteiger partial charge in [0.15, 0.2) is 0 Å². The van der Waals surface area contributed by atoms with Crippen LogP contribution in [0.5, 0.6) is 0 Å². The SMILES string of the molecule is CCc1ccccc1CNCC(C)C1CC1. The van der Waals surface area contributed by atoms with Crippen molar-refractivity contribution in [1.29, 1.82) is 0 Å². The molecule has 1 saturated carbocycles. The first-order valence-corrected chi connectivity index (χ1v) is 6.58. The summed E-state index contributed by atoms with van der Waals surface area (Å²) in [6, 6.07) is 8.75. The summed E-state index contributed by atoms with van der Waals surface area (Å²) in [7, 11) is 0. The second-order valence-electron chi connectivity index (χ2n) is 5.07. The molecule has 0 aliphatic heterocycles. The molecule has 1 atom stereocenters. The molecule has 0 spiro atoms. The predicted molar refractivity (Wildman–Crippen MR) is 69.4 cm³/mol. The van der Waals surface area contributed by atoms with Crippen molar-refractivity contribution in [3.05, 3.63) is 35.4 Å². The Bertz CT molecular complexity index is 328. The molecule has 1 fully saturated rings. The largest absolute Gasteiger partial charge is 0.312 e. The Morgan fingerprint density at radius 1 is 1.25 bits per heavy atom. The highest BCUT2D eigenvalue weighted by Crippen LogP contribution is 2.36. The van der Waals surface area contributed by atoms with Crippen LogP contribution in [0, 0.1) is 11.8 Å². The van der Waals surface area contributed by atoms with Gasteiger partial charge in [-0.15, -0.1) is 0 Å². The third kappa shape index (κ3) is 3.08. The fraction of sp³-hybridized carbons (Fsp3) is 0.600. The van der Waals surface area contributed by atoms with E-state index in [2.05, 4.69) is 43.4 Å². The molecule has 1 aliphatic carbocycles. The Morgan fingerprint density at radius 3 is 2.56 bits per heavy atom. The molecule has 1 N–H and O–H groups in total. The van der Waals surface area contributed by atoms with Gasteiger partial charge in [-0.25, -0.2) is 0 Å².